The maximum absolute atomic E-state index is 5.79. The molecule has 0 bridgehead atoms. The molecule has 0 amide bonds. The Labute approximate surface area is 85.5 Å². The molecule has 14 heavy (non-hydrogen) atoms. The van der Waals surface area contributed by atoms with E-state index in [9.17, 15) is 0 Å². The van der Waals surface area contributed by atoms with Crippen molar-refractivity contribution in [3.8, 4) is 0 Å². The Bertz CT molecular complexity index is 275. The Morgan fingerprint density at radius 3 is 2.71 bits per heavy atom. The molecule has 0 radical (unpaired) electrons. The minimum Gasteiger partial charge on any atom is -0.329 e. The maximum Gasteiger partial charge on any atom is 0.140 e. The molecule has 0 aliphatic rings. The van der Waals surface area contributed by atoms with Crippen LogP contribution in [0.2, 0.25) is 0 Å². The molecule has 2 N–H and O–H groups in total. The van der Waals surface area contributed by atoms with Crippen molar-refractivity contribution in [2.45, 2.75) is 45.6 Å². The lowest BCUT2D eigenvalue weighted by Gasteiger charge is -2.25. The van der Waals surface area contributed by atoms with Crippen molar-refractivity contribution in [3.05, 3.63) is 12.2 Å². The fourth-order valence-corrected chi connectivity index (χ4v) is 1.52. The van der Waals surface area contributed by atoms with Gasteiger partial charge in [-0.1, -0.05) is 20.8 Å². The first-order valence-electron chi connectivity index (χ1n) is 5.26. The third-order valence-electron chi connectivity index (χ3n) is 2.85. The van der Waals surface area contributed by atoms with E-state index in [2.05, 4.69) is 35.5 Å². The zero-order chi connectivity index (χ0) is 10.6. The van der Waals surface area contributed by atoms with Crippen LogP contribution < -0.4 is 5.73 Å². The van der Waals surface area contributed by atoms with E-state index in [1.54, 1.807) is 6.33 Å². The van der Waals surface area contributed by atoms with Crippen molar-refractivity contribution in [1.29, 1.82) is 0 Å². The number of hydrogen-bond donors (Lipinski definition) is 1. The van der Waals surface area contributed by atoms with E-state index in [4.69, 9.17) is 5.73 Å². The number of aryl methyl sites for hydroxylation is 1. The highest BCUT2D eigenvalue weighted by Crippen LogP contribution is 2.24. The van der Waals surface area contributed by atoms with Gasteiger partial charge in [-0.3, -0.25) is 0 Å². The van der Waals surface area contributed by atoms with Crippen LogP contribution in [0.4, 0.5) is 0 Å². The zero-order valence-corrected chi connectivity index (χ0v) is 9.32. The molecular formula is C10H20N4. The maximum atomic E-state index is 5.79. The summed E-state index contributed by atoms with van der Waals surface area (Å²) in [6, 6.07) is 0. The Morgan fingerprint density at radius 1 is 1.50 bits per heavy atom. The van der Waals surface area contributed by atoms with Gasteiger partial charge in [-0.25, -0.2) is 0 Å². The average Bonchev–Trinajstić information content (AvgIpc) is 2.66. The van der Waals surface area contributed by atoms with Crippen LogP contribution in [-0.2, 0) is 12.0 Å². The Kier molecular flexibility index (Phi) is 3.63. The number of nitrogens with zero attached hydrogens (tertiary/aromatic N) is 3. The molecular weight excluding hydrogens is 176 g/mol. The third kappa shape index (κ3) is 1.95. The van der Waals surface area contributed by atoms with Crippen LogP contribution in [0, 0.1) is 0 Å². The van der Waals surface area contributed by atoms with Crippen molar-refractivity contribution in [2.24, 2.45) is 5.73 Å². The molecule has 0 fully saturated rings. The molecule has 0 aliphatic heterocycles. The van der Waals surface area contributed by atoms with Crippen LogP contribution in [-0.4, -0.2) is 21.3 Å². The van der Waals surface area contributed by atoms with E-state index in [-0.39, 0.29) is 5.41 Å². The summed E-state index contributed by atoms with van der Waals surface area (Å²) in [5, 5.41) is 8.14. The monoisotopic (exact) mass is 196 g/mol. The van der Waals surface area contributed by atoms with Gasteiger partial charge in [-0.2, -0.15) is 0 Å². The highest BCUT2D eigenvalue weighted by Gasteiger charge is 2.28. The minimum absolute atomic E-state index is 0.0360. The highest BCUT2D eigenvalue weighted by atomic mass is 15.3. The van der Waals surface area contributed by atoms with Gasteiger partial charge in [0.05, 0.1) is 0 Å². The summed E-state index contributed by atoms with van der Waals surface area (Å²) in [6.45, 7) is 8.01. The fourth-order valence-electron chi connectivity index (χ4n) is 1.52. The summed E-state index contributed by atoms with van der Waals surface area (Å²) in [5.41, 5.74) is 5.76. The topological polar surface area (TPSA) is 56.7 Å². The normalized spacial score (nSPS) is 15.4. The highest BCUT2D eigenvalue weighted by molar-refractivity contribution is 5.06. The number of nitrogens with two attached hydrogens (primary N) is 1. The van der Waals surface area contributed by atoms with E-state index >= 15 is 0 Å². The fraction of sp³-hybridized carbons (Fsp3) is 0.800. The molecule has 4 heteroatoms. The minimum atomic E-state index is -0.0360. The van der Waals surface area contributed by atoms with Crippen LogP contribution in [0.1, 0.15) is 39.4 Å². The lowest BCUT2D eigenvalue weighted by atomic mass is 9.86. The second kappa shape index (κ2) is 4.55. The first-order valence-corrected chi connectivity index (χ1v) is 5.26. The van der Waals surface area contributed by atoms with Gasteiger partial charge in [0.2, 0.25) is 0 Å². The largest absolute Gasteiger partial charge is 0.329 e. The quantitative estimate of drug-likeness (QED) is 0.772. The number of hydrogen-bond acceptors (Lipinski definition) is 3. The SMILES string of the molecule is CCCn1cnnc1C(C)(CC)CN. The van der Waals surface area contributed by atoms with Crippen LogP contribution in [0.25, 0.3) is 0 Å². The molecule has 0 aliphatic carbocycles. The van der Waals surface area contributed by atoms with Gasteiger partial charge in [0.1, 0.15) is 12.2 Å². The molecule has 0 saturated heterocycles. The summed E-state index contributed by atoms with van der Waals surface area (Å²) in [6.07, 6.45) is 3.88. The van der Waals surface area contributed by atoms with Crippen LogP contribution in [0.5, 0.6) is 0 Å². The molecule has 1 atom stereocenters. The van der Waals surface area contributed by atoms with Crippen molar-refractivity contribution < 1.29 is 0 Å². The van der Waals surface area contributed by atoms with Gasteiger partial charge < -0.3 is 10.3 Å². The first-order chi connectivity index (χ1) is 6.68. The van der Waals surface area contributed by atoms with Gasteiger partial charge in [0.25, 0.3) is 0 Å². The summed E-state index contributed by atoms with van der Waals surface area (Å²) in [5.74, 6) is 1.02. The molecule has 0 aromatic carbocycles. The first kappa shape index (κ1) is 11.2. The Morgan fingerprint density at radius 2 is 2.21 bits per heavy atom. The molecule has 4 nitrogen and oxygen atoms in total. The zero-order valence-electron chi connectivity index (χ0n) is 9.32. The van der Waals surface area contributed by atoms with Crippen LogP contribution >= 0.6 is 0 Å². The molecule has 1 aromatic rings. The van der Waals surface area contributed by atoms with Gasteiger partial charge in [0, 0.05) is 18.5 Å². The van der Waals surface area contributed by atoms with Gasteiger partial charge >= 0.3 is 0 Å². The van der Waals surface area contributed by atoms with Crippen molar-refractivity contribution >= 4 is 0 Å². The second-order valence-corrected chi connectivity index (χ2v) is 3.97. The van der Waals surface area contributed by atoms with Crippen LogP contribution in [0.3, 0.4) is 0 Å². The lowest BCUT2D eigenvalue weighted by molar-refractivity contribution is 0.412. The van der Waals surface area contributed by atoms with E-state index in [0.717, 1.165) is 25.2 Å². The van der Waals surface area contributed by atoms with Crippen molar-refractivity contribution in [2.75, 3.05) is 6.54 Å². The molecule has 0 saturated carbocycles. The van der Waals surface area contributed by atoms with Gasteiger partial charge in [0.15, 0.2) is 0 Å². The van der Waals surface area contributed by atoms with E-state index < -0.39 is 0 Å². The lowest BCUT2D eigenvalue weighted by Crippen LogP contribution is -2.34. The third-order valence-corrected chi connectivity index (χ3v) is 2.85. The Balaban J connectivity index is 2.97. The second-order valence-electron chi connectivity index (χ2n) is 3.97. The predicted molar refractivity (Wildman–Crippen MR) is 57.0 cm³/mol. The number of aromatic nitrogens is 3. The smallest absolute Gasteiger partial charge is 0.140 e. The molecule has 80 valence electrons. The summed E-state index contributed by atoms with van der Waals surface area (Å²) >= 11 is 0. The molecule has 1 aromatic heterocycles. The van der Waals surface area contributed by atoms with E-state index in [1.807, 2.05) is 0 Å². The average molecular weight is 196 g/mol. The van der Waals surface area contributed by atoms with Gasteiger partial charge in [-0.05, 0) is 12.8 Å². The molecule has 1 unspecified atom stereocenters. The number of rotatable bonds is 5. The molecule has 0 spiro atoms. The predicted octanol–water partition coefficient (Wildman–Crippen LogP) is 1.31. The van der Waals surface area contributed by atoms with Crippen molar-refractivity contribution in [3.63, 3.8) is 0 Å². The summed E-state index contributed by atoms with van der Waals surface area (Å²) in [7, 11) is 0. The van der Waals surface area contributed by atoms with Crippen molar-refractivity contribution in [1.82, 2.24) is 14.8 Å². The molecule has 1 rings (SSSR count). The summed E-state index contributed by atoms with van der Waals surface area (Å²) < 4.78 is 2.11. The Hall–Kier alpha value is -0.900. The van der Waals surface area contributed by atoms with Crippen LogP contribution in [0.15, 0.2) is 6.33 Å². The van der Waals surface area contributed by atoms with Gasteiger partial charge in [-0.15, -0.1) is 10.2 Å². The molecule has 1 heterocycles. The van der Waals surface area contributed by atoms with E-state index in [1.165, 1.54) is 0 Å². The standard InChI is InChI=1S/C10H20N4/c1-4-6-14-8-12-13-9(14)10(3,5-2)7-11/h8H,4-7,11H2,1-3H3. The van der Waals surface area contributed by atoms with E-state index in [0.29, 0.717) is 6.54 Å². The summed E-state index contributed by atoms with van der Waals surface area (Å²) in [4.78, 5) is 0.